The lowest BCUT2D eigenvalue weighted by atomic mass is 10.1. The molecule has 1 aromatic rings. The summed E-state index contributed by atoms with van der Waals surface area (Å²) in [7, 11) is 0. The average Bonchev–Trinajstić information content (AvgIpc) is 2.42. The smallest absolute Gasteiger partial charge is 0.410 e. The minimum atomic E-state index is -0.487. The van der Waals surface area contributed by atoms with Gasteiger partial charge in [0.1, 0.15) is 11.4 Å². The molecule has 1 aromatic carbocycles. The number of carbonyl (C=O) groups is 1. The molecule has 124 valence electrons. The Morgan fingerprint density at radius 1 is 1.32 bits per heavy atom. The van der Waals surface area contributed by atoms with Gasteiger partial charge in [-0.3, -0.25) is 0 Å². The zero-order chi connectivity index (χ0) is 16.8. The van der Waals surface area contributed by atoms with E-state index in [0.717, 1.165) is 5.56 Å². The van der Waals surface area contributed by atoms with E-state index in [1.54, 1.807) is 17.0 Å². The third-order valence-corrected chi connectivity index (χ3v) is 3.24. The van der Waals surface area contributed by atoms with Crippen LogP contribution in [0.1, 0.15) is 46.2 Å². The maximum Gasteiger partial charge on any atom is 0.410 e. The Balaban J connectivity index is 2.43. The van der Waals surface area contributed by atoms with E-state index >= 15 is 0 Å². The van der Waals surface area contributed by atoms with Gasteiger partial charge in [-0.25, -0.2) is 9.18 Å². The number of amides is 1. The largest absolute Gasteiger partial charge is 0.444 e. The molecular weight excluding hydrogens is 283 g/mol. The molecule has 0 aliphatic carbocycles. The van der Waals surface area contributed by atoms with Gasteiger partial charge in [0, 0.05) is 25.7 Å². The Morgan fingerprint density at radius 2 is 1.91 bits per heavy atom. The van der Waals surface area contributed by atoms with E-state index in [1.165, 1.54) is 12.1 Å². The molecule has 0 heterocycles. The Hall–Kier alpha value is -1.62. The Labute approximate surface area is 132 Å². The number of rotatable bonds is 6. The SMILES string of the molecule is CCN(CCNC(C)c1ccc(F)cc1)C(=O)OC(C)(C)C. The molecule has 0 saturated heterocycles. The lowest BCUT2D eigenvalue weighted by Crippen LogP contribution is -2.40. The number of nitrogens with zero attached hydrogens (tertiary/aromatic N) is 1. The highest BCUT2D eigenvalue weighted by atomic mass is 19.1. The first kappa shape index (κ1) is 18.4. The molecule has 0 spiro atoms. The van der Waals surface area contributed by atoms with Crippen molar-refractivity contribution in [2.24, 2.45) is 0 Å². The van der Waals surface area contributed by atoms with Crippen LogP contribution in [0.4, 0.5) is 9.18 Å². The van der Waals surface area contributed by atoms with Gasteiger partial charge in [0.15, 0.2) is 0 Å². The predicted octanol–water partition coefficient (Wildman–Crippen LogP) is 3.73. The van der Waals surface area contributed by atoms with Crippen molar-refractivity contribution in [3.05, 3.63) is 35.6 Å². The van der Waals surface area contributed by atoms with Crippen LogP contribution in [0.3, 0.4) is 0 Å². The third kappa shape index (κ3) is 6.43. The third-order valence-electron chi connectivity index (χ3n) is 3.24. The van der Waals surface area contributed by atoms with Gasteiger partial charge in [0.05, 0.1) is 0 Å². The summed E-state index contributed by atoms with van der Waals surface area (Å²) in [6.45, 7) is 11.3. The monoisotopic (exact) mass is 310 g/mol. The number of likely N-dealkylation sites (N-methyl/N-ethyl adjacent to an activating group) is 1. The van der Waals surface area contributed by atoms with Crippen molar-refractivity contribution in [2.45, 2.75) is 46.3 Å². The molecule has 1 atom stereocenters. The van der Waals surface area contributed by atoms with Gasteiger partial charge in [-0.15, -0.1) is 0 Å². The van der Waals surface area contributed by atoms with Crippen molar-refractivity contribution >= 4 is 6.09 Å². The van der Waals surface area contributed by atoms with Gasteiger partial charge in [0.25, 0.3) is 0 Å². The van der Waals surface area contributed by atoms with E-state index < -0.39 is 5.60 Å². The Kier molecular flexibility index (Phi) is 6.81. The first-order valence-corrected chi connectivity index (χ1v) is 7.69. The predicted molar refractivity (Wildman–Crippen MR) is 86.3 cm³/mol. The van der Waals surface area contributed by atoms with Crippen LogP contribution in [0.15, 0.2) is 24.3 Å². The van der Waals surface area contributed by atoms with Crippen molar-refractivity contribution in [2.75, 3.05) is 19.6 Å². The molecule has 1 N–H and O–H groups in total. The highest BCUT2D eigenvalue weighted by Gasteiger charge is 2.20. The first-order chi connectivity index (χ1) is 10.2. The molecule has 0 aromatic heterocycles. The molecule has 1 amide bonds. The maximum atomic E-state index is 12.9. The lowest BCUT2D eigenvalue weighted by Gasteiger charge is -2.27. The molecular formula is C17H27FN2O2. The second-order valence-electron chi connectivity index (χ2n) is 6.29. The number of ether oxygens (including phenoxy) is 1. The van der Waals surface area contributed by atoms with Gasteiger partial charge in [-0.1, -0.05) is 12.1 Å². The molecule has 0 aliphatic rings. The van der Waals surface area contributed by atoms with E-state index in [4.69, 9.17) is 4.74 Å². The zero-order valence-corrected chi connectivity index (χ0v) is 14.1. The summed E-state index contributed by atoms with van der Waals surface area (Å²) < 4.78 is 18.3. The minimum Gasteiger partial charge on any atom is -0.444 e. The van der Waals surface area contributed by atoms with Crippen LogP contribution in [0.5, 0.6) is 0 Å². The van der Waals surface area contributed by atoms with E-state index in [2.05, 4.69) is 5.32 Å². The molecule has 1 unspecified atom stereocenters. The average molecular weight is 310 g/mol. The second kappa shape index (κ2) is 8.13. The zero-order valence-electron chi connectivity index (χ0n) is 14.1. The highest BCUT2D eigenvalue weighted by Crippen LogP contribution is 2.13. The number of nitrogens with one attached hydrogen (secondary N) is 1. The van der Waals surface area contributed by atoms with Crippen LogP contribution in [0.25, 0.3) is 0 Å². The standard InChI is InChI=1S/C17H27FN2O2/c1-6-20(16(21)22-17(3,4)5)12-11-19-13(2)14-7-9-15(18)10-8-14/h7-10,13,19H,6,11-12H2,1-5H3. The van der Waals surface area contributed by atoms with Crippen molar-refractivity contribution in [1.82, 2.24) is 10.2 Å². The van der Waals surface area contributed by atoms with E-state index in [0.29, 0.717) is 19.6 Å². The molecule has 0 radical (unpaired) electrons. The fourth-order valence-electron chi connectivity index (χ4n) is 1.99. The topological polar surface area (TPSA) is 41.6 Å². The molecule has 0 bridgehead atoms. The summed E-state index contributed by atoms with van der Waals surface area (Å²) in [4.78, 5) is 13.7. The summed E-state index contributed by atoms with van der Waals surface area (Å²) in [5.74, 6) is -0.238. The summed E-state index contributed by atoms with van der Waals surface area (Å²) in [6.07, 6.45) is -0.300. The highest BCUT2D eigenvalue weighted by molar-refractivity contribution is 5.68. The van der Waals surface area contributed by atoms with Gasteiger partial charge in [-0.2, -0.15) is 0 Å². The summed E-state index contributed by atoms with van der Waals surface area (Å²) in [5.41, 5.74) is 0.529. The van der Waals surface area contributed by atoms with E-state index in [1.807, 2.05) is 34.6 Å². The second-order valence-corrected chi connectivity index (χ2v) is 6.29. The molecule has 1 rings (SSSR count). The first-order valence-electron chi connectivity index (χ1n) is 7.69. The van der Waals surface area contributed by atoms with Crippen molar-refractivity contribution < 1.29 is 13.9 Å². The van der Waals surface area contributed by atoms with Crippen molar-refractivity contribution in [1.29, 1.82) is 0 Å². The quantitative estimate of drug-likeness (QED) is 0.870. The fraction of sp³-hybridized carbons (Fsp3) is 0.588. The lowest BCUT2D eigenvalue weighted by molar-refractivity contribution is 0.0261. The number of carbonyl (C=O) groups excluding carboxylic acids is 1. The molecule has 0 saturated carbocycles. The van der Waals surface area contributed by atoms with Gasteiger partial charge in [0.2, 0.25) is 0 Å². The maximum absolute atomic E-state index is 12.9. The van der Waals surface area contributed by atoms with Crippen LogP contribution >= 0.6 is 0 Å². The van der Waals surface area contributed by atoms with E-state index in [-0.39, 0.29) is 18.0 Å². The molecule has 0 aliphatic heterocycles. The number of halogens is 1. The minimum absolute atomic E-state index is 0.0953. The summed E-state index contributed by atoms with van der Waals surface area (Å²) >= 11 is 0. The number of benzene rings is 1. The summed E-state index contributed by atoms with van der Waals surface area (Å²) in [5, 5.41) is 3.33. The van der Waals surface area contributed by atoms with E-state index in [9.17, 15) is 9.18 Å². The molecule has 5 heteroatoms. The number of hydrogen-bond donors (Lipinski definition) is 1. The van der Waals surface area contributed by atoms with Gasteiger partial charge >= 0.3 is 6.09 Å². The Morgan fingerprint density at radius 3 is 2.41 bits per heavy atom. The van der Waals surface area contributed by atoms with Crippen LogP contribution < -0.4 is 5.32 Å². The van der Waals surface area contributed by atoms with Crippen molar-refractivity contribution in [3.8, 4) is 0 Å². The molecule has 22 heavy (non-hydrogen) atoms. The van der Waals surface area contributed by atoms with Gasteiger partial charge in [-0.05, 0) is 52.3 Å². The Bertz CT molecular complexity index is 469. The van der Waals surface area contributed by atoms with Crippen LogP contribution in [0.2, 0.25) is 0 Å². The van der Waals surface area contributed by atoms with Crippen LogP contribution in [-0.2, 0) is 4.74 Å². The molecule has 4 nitrogen and oxygen atoms in total. The summed E-state index contributed by atoms with van der Waals surface area (Å²) in [6, 6.07) is 6.52. The van der Waals surface area contributed by atoms with Crippen LogP contribution in [0, 0.1) is 5.82 Å². The van der Waals surface area contributed by atoms with Crippen molar-refractivity contribution in [3.63, 3.8) is 0 Å². The van der Waals surface area contributed by atoms with Crippen LogP contribution in [-0.4, -0.2) is 36.2 Å². The molecule has 0 fully saturated rings. The fourth-order valence-corrected chi connectivity index (χ4v) is 1.99. The normalized spacial score (nSPS) is 12.8. The van der Waals surface area contributed by atoms with Gasteiger partial charge < -0.3 is 15.0 Å². The number of hydrogen-bond acceptors (Lipinski definition) is 3.